The fourth-order valence-electron chi connectivity index (χ4n) is 2.64. The van der Waals surface area contributed by atoms with Crippen LogP contribution in [-0.2, 0) is 9.59 Å². The molecule has 0 bridgehead atoms. The molecule has 1 fully saturated rings. The molecule has 0 saturated heterocycles. The van der Waals surface area contributed by atoms with E-state index in [2.05, 4.69) is 5.32 Å². The summed E-state index contributed by atoms with van der Waals surface area (Å²) in [5.74, 6) is -1.56. The van der Waals surface area contributed by atoms with E-state index in [0.717, 1.165) is 19.3 Å². The Morgan fingerprint density at radius 2 is 1.91 bits per heavy atom. The Balaban J connectivity index is 1.98. The van der Waals surface area contributed by atoms with Crippen LogP contribution in [0.3, 0.4) is 0 Å². The number of nitrogens with zero attached hydrogens (tertiary/aromatic N) is 1. The first-order chi connectivity index (χ1) is 10.3. The van der Waals surface area contributed by atoms with Gasteiger partial charge in [0.2, 0.25) is 11.8 Å². The maximum atomic E-state index is 12.3. The number of carboxylic acids is 1. The molecule has 118 valence electrons. The van der Waals surface area contributed by atoms with Crippen LogP contribution in [-0.4, -0.2) is 41.4 Å². The number of para-hydroxylation sites is 1. The molecule has 0 spiro atoms. The van der Waals surface area contributed by atoms with E-state index in [9.17, 15) is 14.4 Å². The summed E-state index contributed by atoms with van der Waals surface area (Å²) in [7, 11) is 1.59. The molecule has 1 aliphatic rings. The number of aromatic carboxylic acids is 1. The molecule has 2 N–H and O–H groups in total. The molecule has 0 radical (unpaired) electrons. The summed E-state index contributed by atoms with van der Waals surface area (Å²) in [5.41, 5.74) is -0.0972. The lowest BCUT2D eigenvalue weighted by molar-refractivity contribution is -0.146. The van der Waals surface area contributed by atoms with Gasteiger partial charge in [-0.05, 0) is 25.0 Å². The summed E-state index contributed by atoms with van der Waals surface area (Å²) in [6, 6.07) is 6.18. The monoisotopic (exact) mass is 304 g/mol. The molecule has 1 saturated carbocycles. The summed E-state index contributed by atoms with van der Waals surface area (Å²) >= 11 is 0. The zero-order valence-electron chi connectivity index (χ0n) is 12.8. The number of anilines is 1. The van der Waals surface area contributed by atoms with Crippen molar-refractivity contribution in [2.24, 2.45) is 5.41 Å². The highest BCUT2D eigenvalue weighted by Gasteiger charge is 2.41. The maximum absolute atomic E-state index is 12.3. The fourth-order valence-corrected chi connectivity index (χ4v) is 2.64. The van der Waals surface area contributed by atoms with E-state index in [1.807, 2.05) is 6.92 Å². The Morgan fingerprint density at radius 1 is 1.27 bits per heavy atom. The van der Waals surface area contributed by atoms with Crippen LogP contribution in [0, 0.1) is 5.41 Å². The van der Waals surface area contributed by atoms with Crippen molar-refractivity contribution in [1.29, 1.82) is 0 Å². The van der Waals surface area contributed by atoms with E-state index < -0.39 is 11.9 Å². The van der Waals surface area contributed by atoms with Crippen molar-refractivity contribution < 1.29 is 19.5 Å². The Bertz CT molecular complexity index is 608. The summed E-state index contributed by atoms with van der Waals surface area (Å²) in [5, 5.41) is 11.6. The first-order valence-corrected chi connectivity index (χ1v) is 7.21. The van der Waals surface area contributed by atoms with Gasteiger partial charge in [-0.15, -0.1) is 0 Å². The summed E-state index contributed by atoms with van der Waals surface area (Å²) in [4.78, 5) is 36.8. The summed E-state index contributed by atoms with van der Waals surface area (Å²) < 4.78 is 0. The third-order valence-electron chi connectivity index (χ3n) is 4.13. The number of nitrogens with one attached hydrogen (secondary N) is 1. The zero-order chi connectivity index (χ0) is 16.3. The molecular formula is C16H20N2O4. The van der Waals surface area contributed by atoms with Gasteiger partial charge in [0.25, 0.3) is 0 Å². The first kappa shape index (κ1) is 16.0. The van der Waals surface area contributed by atoms with Crippen LogP contribution in [0.4, 0.5) is 5.69 Å². The van der Waals surface area contributed by atoms with Gasteiger partial charge in [-0.25, -0.2) is 4.79 Å². The second-order valence-corrected chi connectivity index (χ2v) is 5.97. The lowest BCUT2D eigenvalue weighted by atomic mass is 9.69. The van der Waals surface area contributed by atoms with Crippen molar-refractivity contribution in [1.82, 2.24) is 4.90 Å². The molecule has 0 aliphatic heterocycles. The van der Waals surface area contributed by atoms with Gasteiger partial charge in [0, 0.05) is 12.5 Å². The third kappa shape index (κ3) is 3.27. The van der Waals surface area contributed by atoms with Crippen LogP contribution >= 0.6 is 0 Å². The lowest BCUT2D eigenvalue weighted by Crippen LogP contribution is -2.46. The van der Waals surface area contributed by atoms with Crippen molar-refractivity contribution in [3.05, 3.63) is 29.8 Å². The normalized spacial score (nSPS) is 15.5. The average molecular weight is 304 g/mol. The van der Waals surface area contributed by atoms with Crippen molar-refractivity contribution >= 4 is 23.5 Å². The fraction of sp³-hybridized carbons (Fsp3) is 0.438. The minimum atomic E-state index is -1.11. The average Bonchev–Trinajstić information content (AvgIpc) is 2.44. The third-order valence-corrected chi connectivity index (χ3v) is 4.13. The molecule has 1 aromatic carbocycles. The van der Waals surface area contributed by atoms with Crippen LogP contribution in [0.1, 0.15) is 36.5 Å². The van der Waals surface area contributed by atoms with Crippen LogP contribution < -0.4 is 5.32 Å². The van der Waals surface area contributed by atoms with Gasteiger partial charge in [-0.3, -0.25) is 9.59 Å². The number of benzene rings is 1. The predicted molar refractivity (Wildman–Crippen MR) is 81.6 cm³/mol. The van der Waals surface area contributed by atoms with E-state index in [0.29, 0.717) is 0 Å². The van der Waals surface area contributed by atoms with Crippen molar-refractivity contribution in [2.45, 2.75) is 26.2 Å². The number of hydrogen-bond acceptors (Lipinski definition) is 3. The number of likely N-dealkylation sites (N-methyl/N-ethyl adjacent to an activating group) is 1. The van der Waals surface area contributed by atoms with E-state index >= 15 is 0 Å². The summed E-state index contributed by atoms with van der Waals surface area (Å²) in [6.45, 7) is 1.81. The minimum absolute atomic E-state index is 0.0239. The Kier molecular flexibility index (Phi) is 4.49. The molecule has 0 unspecified atom stereocenters. The molecule has 1 aromatic rings. The lowest BCUT2D eigenvalue weighted by Gasteiger charge is -2.39. The molecule has 2 rings (SSSR count). The Labute approximate surface area is 129 Å². The van der Waals surface area contributed by atoms with Gasteiger partial charge in [0.05, 0.1) is 17.8 Å². The largest absolute Gasteiger partial charge is 0.478 e. The van der Waals surface area contributed by atoms with Crippen LogP contribution in [0.15, 0.2) is 24.3 Å². The number of carboxylic acid groups (broad SMARTS) is 1. The van der Waals surface area contributed by atoms with Crippen molar-refractivity contribution in [2.75, 3.05) is 18.9 Å². The highest BCUT2D eigenvalue weighted by Crippen LogP contribution is 2.41. The van der Waals surface area contributed by atoms with Gasteiger partial charge in [-0.2, -0.15) is 0 Å². The topological polar surface area (TPSA) is 86.7 Å². The first-order valence-electron chi connectivity index (χ1n) is 7.21. The van der Waals surface area contributed by atoms with Gasteiger partial charge < -0.3 is 15.3 Å². The Morgan fingerprint density at radius 3 is 2.45 bits per heavy atom. The Hall–Kier alpha value is -2.37. The summed E-state index contributed by atoms with van der Waals surface area (Å²) in [6.07, 6.45) is 2.73. The second kappa shape index (κ2) is 6.17. The quantitative estimate of drug-likeness (QED) is 0.870. The van der Waals surface area contributed by atoms with Gasteiger partial charge in [0.15, 0.2) is 0 Å². The maximum Gasteiger partial charge on any atom is 0.337 e. The number of amides is 2. The van der Waals surface area contributed by atoms with E-state index in [1.165, 1.54) is 17.0 Å². The number of carbonyl (C=O) groups excluding carboxylic acids is 2. The molecular weight excluding hydrogens is 284 g/mol. The number of rotatable bonds is 5. The highest BCUT2D eigenvalue weighted by atomic mass is 16.4. The van der Waals surface area contributed by atoms with Crippen molar-refractivity contribution in [3.63, 3.8) is 0 Å². The molecule has 0 heterocycles. The molecule has 0 aromatic heterocycles. The molecule has 1 aliphatic carbocycles. The highest BCUT2D eigenvalue weighted by molar-refractivity contribution is 6.01. The van der Waals surface area contributed by atoms with E-state index in [4.69, 9.17) is 5.11 Å². The number of carbonyl (C=O) groups is 3. The zero-order valence-corrected chi connectivity index (χ0v) is 12.8. The smallest absolute Gasteiger partial charge is 0.337 e. The van der Waals surface area contributed by atoms with Crippen molar-refractivity contribution in [3.8, 4) is 0 Å². The van der Waals surface area contributed by atoms with E-state index in [-0.39, 0.29) is 29.1 Å². The molecule has 0 atom stereocenters. The van der Waals surface area contributed by atoms with Gasteiger partial charge in [-0.1, -0.05) is 25.5 Å². The second-order valence-electron chi connectivity index (χ2n) is 5.97. The SMILES string of the molecule is CN(CC(=O)Nc1ccccc1C(=O)O)C(=O)C1(C)CCC1. The minimum Gasteiger partial charge on any atom is -0.478 e. The molecule has 6 nitrogen and oxygen atoms in total. The van der Waals surface area contributed by atoms with Gasteiger partial charge >= 0.3 is 5.97 Å². The molecule has 6 heteroatoms. The van der Waals surface area contributed by atoms with Gasteiger partial charge in [0.1, 0.15) is 0 Å². The van der Waals surface area contributed by atoms with Crippen LogP contribution in [0.25, 0.3) is 0 Å². The molecule has 22 heavy (non-hydrogen) atoms. The predicted octanol–water partition coefficient (Wildman–Crippen LogP) is 1.97. The number of hydrogen-bond donors (Lipinski definition) is 2. The van der Waals surface area contributed by atoms with Crippen LogP contribution in [0.5, 0.6) is 0 Å². The van der Waals surface area contributed by atoms with E-state index in [1.54, 1.807) is 19.2 Å². The molecule has 2 amide bonds. The van der Waals surface area contributed by atoms with Crippen LogP contribution in [0.2, 0.25) is 0 Å². The standard InChI is InChI=1S/C16H20N2O4/c1-16(8-5-9-16)15(22)18(2)10-13(19)17-12-7-4-3-6-11(12)14(20)21/h3-4,6-7H,5,8-10H2,1-2H3,(H,17,19)(H,20,21).